The second kappa shape index (κ2) is 5.71. The van der Waals surface area contributed by atoms with E-state index in [0.29, 0.717) is 24.5 Å². The van der Waals surface area contributed by atoms with Gasteiger partial charge in [-0.3, -0.25) is 9.59 Å². The molecule has 1 aromatic carbocycles. The van der Waals surface area contributed by atoms with Crippen LogP contribution in [0.1, 0.15) is 18.4 Å². The summed E-state index contributed by atoms with van der Waals surface area (Å²) in [6.45, 7) is 2.69. The Kier molecular flexibility index (Phi) is 4.01. The fraction of sp³-hybridized carbons (Fsp3) is 0.385. The number of nitrogens with two attached hydrogens (primary N) is 1. The molecule has 0 saturated carbocycles. The van der Waals surface area contributed by atoms with E-state index in [9.17, 15) is 9.59 Å². The van der Waals surface area contributed by atoms with E-state index < -0.39 is 0 Å². The van der Waals surface area contributed by atoms with Gasteiger partial charge in [-0.05, 0) is 24.6 Å². The molecule has 102 valence electrons. The van der Waals surface area contributed by atoms with Gasteiger partial charge in [-0.2, -0.15) is 0 Å². The second-order valence-electron chi connectivity index (χ2n) is 4.39. The van der Waals surface area contributed by atoms with E-state index in [1.165, 1.54) is 0 Å². The molecule has 1 heterocycles. The van der Waals surface area contributed by atoms with Crippen LogP contribution in [0.4, 0.5) is 5.69 Å². The fourth-order valence-electron chi connectivity index (χ4n) is 1.87. The zero-order valence-corrected chi connectivity index (χ0v) is 10.7. The maximum absolute atomic E-state index is 11.8. The van der Waals surface area contributed by atoms with E-state index in [1.807, 2.05) is 6.07 Å². The van der Waals surface area contributed by atoms with E-state index >= 15 is 0 Å². The summed E-state index contributed by atoms with van der Waals surface area (Å²) in [5.74, 6) is 0.0342. The summed E-state index contributed by atoms with van der Waals surface area (Å²) in [6.07, 6.45) is 0. The Morgan fingerprint density at radius 2 is 2.37 bits per heavy atom. The van der Waals surface area contributed by atoms with E-state index in [-0.39, 0.29) is 24.3 Å². The highest BCUT2D eigenvalue weighted by Crippen LogP contribution is 2.31. The Morgan fingerprint density at radius 1 is 1.58 bits per heavy atom. The third-order valence-corrected chi connectivity index (χ3v) is 2.97. The summed E-state index contributed by atoms with van der Waals surface area (Å²) in [4.78, 5) is 23.1. The van der Waals surface area contributed by atoms with Gasteiger partial charge < -0.3 is 21.1 Å². The van der Waals surface area contributed by atoms with E-state index in [2.05, 4.69) is 10.6 Å². The minimum Gasteiger partial charge on any atom is -0.482 e. The smallest absolute Gasteiger partial charge is 0.262 e. The van der Waals surface area contributed by atoms with Crippen LogP contribution in [0, 0.1) is 0 Å². The van der Waals surface area contributed by atoms with E-state index in [0.717, 1.165) is 5.56 Å². The van der Waals surface area contributed by atoms with Crippen LogP contribution in [-0.2, 0) is 9.59 Å². The number of ether oxygens (including phenoxy) is 1. The van der Waals surface area contributed by atoms with Gasteiger partial charge in [0.2, 0.25) is 5.91 Å². The molecule has 19 heavy (non-hydrogen) atoms. The summed E-state index contributed by atoms with van der Waals surface area (Å²) in [6, 6.07) is 5.35. The van der Waals surface area contributed by atoms with Crippen molar-refractivity contribution in [1.29, 1.82) is 0 Å². The predicted octanol–water partition coefficient (Wildman–Crippen LogP) is 0.196. The molecule has 6 nitrogen and oxygen atoms in total. The lowest BCUT2D eigenvalue weighted by molar-refractivity contribution is -0.122. The monoisotopic (exact) mass is 263 g/mol. The normalized spacial score (nSPS) is 14.9. The first-order valence-electron chi connectivity index (χ1n) is 6.16. The molecule has 0 fully saturated rings. The fourth-order valence-corrected chi connectivity index (χ4v) is 1.87. The quantitative estimate of drug-likeness (QED) is 0.723. The van der Waals surface area contributed by atoms with Crippen molar-refractivity contribution in [3.63, 3.8) is 0 Å². The average molecular weight is 263 g/mol. The van der Waals surface area contributed by atoms with Crippen molar-refractivity contribution in [2.75, 3.05) is 25.0 Å². The number of hydrogen-bond donors (Lipinski definition) is 3. The number of amides is 2. The standard InChI is InChI=1S/C13H17N3O3/c1-8(13(18)15-5-4-14)9-2-3-11-10(6-9)16-12(17)7-19-11/h2-3,6,8H,4-5,7,14H2,1H3,(H,15,18)(H,16,17). The van der Waals surface area contributed by atoms with Crippen LogP contribution in [0.2, 0.25) is 0 Å². The first kappa shape index (κ1) is 13.4. The van der Waals surface area contributed by atoms with Crippen LogP contribution in [0.25, 0.3) is 0 Å². The van der Waals surface area contributed by atoms with Gasteiger partial charge in [-0.1, -0.05) is 6.07 Å². The number of nitrogens with one attached hydrogen (secondary N) is 2. The lowest BCUT2D eigenvalue weighted by Crippen LogP contribution is -2.32. The molecular weight excluding hydrogens is 246 g/mol. The topological polar surface area (TPSA) is 93.5 Å². The molecule has 0 saturated heterocycles. The van der Waals surface area contributed by atoms with Crippen molar-refractivity contribution in [3.05, 3.63) is 23.8 Å². The van der Waals surface area contributed by atoms with Crippen LogP contribution < -0.4 is 21.1 Å². The van der Waals surface area contributed by atoms with Crippen LogP contribution >= 0.6 is 0 Å². The van der Waals surface area contributed by atoms with Crippen LogP contribution in [-0.4, -0.2) is 31.5 Å². The van der Waals surface area contributed by atoms with Gasteiger partial charge in [0.1, 0.15) is 5.75 Å². The lowest BCUT2D eigenvalue weighted by atomic mass is 9.99. The molecular formula is C13H17N3O3. The molecule has 6 heteroatoms. The number of rotatable bonds is 4. The predicted molar refractivity (Wildman–Crippen MR) is 71.0 cm³/mol. The number of anilines is 1. The largest absolute Gasteiger partial charge is 0.482 e. The molecule has 0 aromatic heterocycles. The van der Waals surface area contributed by atoms with E-state index in [1.54, 1.807) is 19.1 Å². The molecule has 0 aliphatic carbocycles. The van der Waals surface area contributed by atoms with Crippen LogP contribution in [0.15, 0.2) is 18.2 Å². The van der Waals surface area contributed by atoms with E-state index in [4.69, 9.17) is 10.5 Å². The molecule has 0 spiro atoms. The zero-order chi connectivity index (χ0) is 13.8. The molecule has 1 aliphatic rings. The van der Waals surface area contributed by atoms with Crippen molar-refractivity contribution >= 4 is 17.5 Å². The first-order chi connectivity index (χ1) is 9.11. The third-order valence-electron chi connectivity index (χ3n) is 2.97. The molecule has 2 rings (SSSR count). The molecule has 0 radical (unpaired) electrons. The Bertz CT molecular complexity index is 502. The molecule has 4 N–H and O–H groups in total. The van der Waals surface area contributed by atoms with Gasteiger partial charge in [-0.25, -0.2) is 0 Å². The van der Waals surface area contributed by atoms with Crippen molar-refractivity contribution in [3.8, 4) is 5.75 Å². The van der Waals surface area contributed by atoms with Gasteiger partial charge in [0.05, 0.1) is 11.6 Å². The van der Waals surface area contributed by atoms with Crippen molar-refractivity contribution in [2.24, 2.45) is 5.73 Å². The number of benzene rings is 1. The lowest BCUT2D eigenvalue weighted by Gasteiger charge is -2.20. The first-order valence-corrected chi connectivity index (χ1v) is 6.16. The Balaban J connectivity index is 2.14. The highest BCUT2D eigenvalue weighted by Gasteiger charge is 2.20. The van der Waals surface area contributed by atoms with Gasteiger partial charge in [-0.15, -0.1) is 0 Å². The highest BCUT2D eigenvalue weighted by molar-refractivity contribution is 5.95. The van der Waals surface area contributed by atoms with Crippen LogP contribution in [0.5, 0.6) is 5.75 Å². The maximum Gasteiger partial charge on any atom is 0.262 e. The van der Waals surface area contributed by atoms with Gasteiger partial charge >= 0.3 is 0 Å². The average Bonchev–Trinajstić information content (AvgIpc) is 2.43. The Labute approximate surface area is 111 Å². The second-order valence-corrected chi connectivity index (χ2v) is 4.39. The van der Waals surface area contributed by atoms with Crippen molar-refractivity contribution in [1.82, 2.24) is 5.32 Å². The van der Waals surface area contributed by atoms with Crippen molar-refractivity contribution < 1.29 is 14.3 Å². The van der Waals surface area contributed by atoms with Crippen LogP contribution in [0.3, 0.4) is 0 Å². The zero-order valence-electron chi connectivity index (χ0n) is 10.7. The third kappa shape index (κ3) is 3.03. The summed E-state index contributed by atoms with van der Waals surface area (Å²) >= 11 is 0. The molecule has 1 unspecified atom stereocenters. The van der Waals surface area contributed by atoms with Gasteiger partial charge in [0.25, 0.3) is 5.91 Å². The minimum atomic E-state index is -0.310. The molecule has 2 amide bonds. The summed E-state index contributed by atoms with van der Waals surface area (Å²) < 4.78 is 5.27. The summed E-state index contributed by atoms with van der Waals surface area (Å²) in [5.41, 5.74) is 6.77. The van der Waals surface area contributed by atoms with Crippen molar-refractivity contribution in [2.45, 2.75) is 12.8 Å². The summed E-state index contributed by atoms with van der Waals surface area (Å²) in [5, 5.41) is 5.46. The summed E-state index contributed by atoms with van der Waals surface area (Å²) in [7, 11) is 0. The van der Waals surface area contributed by atoms with Gasteiger partial charge in [0, 0.05) is 13.1 Å². The Hall–Kier alpha value is -2.08. The number of hydrogen-bond acceptors (Lipinski definition) is 4. The Morgan fingerprint density at radius 3 is 3.11 bits per heavy atom. The molecule has 0 bridgehead atoms. The van der Waals surface area contributed by atoms with Gasteiger partial charge in [0.15, 0.2) is 6.61 Å². The molecule has 1 atom stereocenters. The minimum absolute atomic E-state index is 0.0267. The maximum atomic E-state index is 11.8. The number of carbonyl (C=O) groups is 2. The molecule has 1 aliphatic heterocycles. The molecule has 1 aromatic rings. The number of fused-ring (bicyclic) bond motifs is 1. The SMILES string of the molecule is CC(C(=O)NCCN)c1ccc2c(c1)NC(=O)CO2. The highest BCUT2D eigenvalue weighted by atomic mass is 16.5. The number of carbonyl (C=O) groups excluding carboxylic acids is 2.